The number of benzene rings is 1. The molecule has 0 spiro atoms. The second-order valence-corrected chi connectivity index (χ2v) is 7.78. The number of nitrogens with one attached hydrogen (secondary N) is 1. The van der Waals surface area contributed by atoms with Crippen LogP contribution in [-0.2, 0) is 10.0 Å². The third-order valence-electron chi connectivity index (χ3n) is 4.51. The first-order valence-corrected chi connectivity index (χ1v) is 9.25. The minimum atomic E-state index is -3.57. The molecule has 0 aliphatic heterocycles. The molecule has 0 heterocycles. The highest BCUT2D eigenvalue weighted by atomic mass is 32.2. The van der Waals surface area contributed by atoms with E-state index in [4.69, 9.17) is 10.5 Å². The lowest BCUT2D eigenvalue weighted by atomic mass is 9.99. The largest absolute Gasteiger partial charge is 0.496 e. The van der Waals surface area contributed by atoms with Crippen LogP contribution in [0.3, 0.4) is 0 Å². The predicted octanol–water partition coefficient (Wildman–Crippen LogP) is 2.11. The van der Waals surface area contributed by atoms with E-state index in [9.17, 15) is 8.42 Å². The van der Waals surface area contributed by atoms with Crippen molar-refractivity contribution in [2.45, 2.75) is 50.5 Å². The fraction of sp³-hybridized carbons (Fsp3) is 0.625. The van der Waals surface area contributed by atoms with Crippen LogP contribution in [0.4, 0.5) is 0 Å². The van der Waals surface area contributed by atoms with Crippen LogP contribution in [0.5, 0.6) is 5.75 Å². The van der Waals surface area contributed by atoms with Gasteiger partial charge in [-0.05, 0) is 55.9 Å². The minimum Gasteiger partial charge on any atom is -0.496 e. The maximum absolute atomic E-state index is 12.7. The average molecular weight is 326 g/mol. The number of methoxy groups -OCH3 is 1. The summed E-state index contributed by atoms with van der Waals surface area (Å²) in [5, 5.41) is 0. The van der Waals surface area contributed by atoms with Crippen LogP contribution < -0.4 is 15.2 Å². The highest BCUT2D eigenvalue weighted by molar-refractivity contribution is 7.89. The van der Waals surface area contributed by atoms with Gasteiger partial charge in [-0.15, -0.1) is 0 Å². The van der Waals surface area contributed by atoms with E-state index in [1.54, 1.807) is 26.2 Å². The average Bonchev–Trinajstić information content (AvgIpc) is 3.00. The van der Waals surface area contributed by atoms with Gasteiger partial charge < -0.3 is 10.5 Å². The van der Waals surface area contributed by atoms with Gasteiger partial charge >= 0.3 is 0 Å². The molecule has 0 saturated heterocycles. The van der Waals surface area contributed by atoms with Crippen molar-refractivity contribution in [2.75, 3.05) is 13.7 Å². The van der Waals surface area contributed by atoms with Crippen LogP contribution in [0.25, 0.3) is 0 Å². The summed E-state index contributed by atoms with van der Waals surface area (Å²) in [4.78, 5) is 0.308. The number of sulfonamides is 1. The van der Waals surface area contributed by atoms with Gasteiger partial charge in [0.15, 0.2) is 0 Å². The third-order valence-corrected chi connectivity index (χ3v) is 6.14. The smallest absolute Gasteiger partial charge is 0.241 e. The van der Waals surface area contributed by atoms with Gasteiger partial charge in [-0.1, -0.05) is 12.8 Å². The van der Waals surface area contributed by atoms with Crippen molar-refractivity contribution in [3.8, 4) is 5.75 Å². The summed E-state index contributed by atoms with van der Waals surface area (Å²) in [6.07, 6.45) is 4.41. The van der Waals surface area contributed by atoms with Gasteiger partial charge in [0.05, 0.1) is 12.0 Å². The maximum Gasteiger partial charge on any atom is 0.241 e. The van der Waals surface area contributed by atoms with Gasteiger partial charge in [0, 0.05) is 12.6 Å². The van der Waals surface area contributed by atoms with Gasteiger partial charge in [0.2, 0.25) is 10.0 Å². The van der Waals surface area contributed by atoms with Gasteiger partial charge in [-0.3, -0.25) is 0 Å². The SMILES string of the molecule is COc1cc(C)c(S(=O)(=O)NC(CN)C2CCCC2)cc1C. The van der Waals surface area contributed by atoms with Crippen LogP contribution in [-0.4, -0.2) is 28.1 Å². The Morgan fingerprint density at radius 2 is 1.91 bits per heavy atom. The van der Waals surface area contributed by atoms with E-state index in [2.05, 4.69) is 4.72 Å². The molecule has 6 heteroatoms. The monoisotopic (exact) mass is 326 g/mol. The van der Waals surface area contributed by atoms with Crippen molar-refractivity contribution < 1.29 is 13.2 Å². The van der Waals surface area contributed by atoms with Crippen molar-refractivity contribution in [2.24, 2.45) is 11.7 Å². The zero-order chi connectivity index (χ0) is 16.3. The molecule has 1 unspecified atom stereocenters. The fourth-order valence-electron chi connectivity index (χ4n) is 3.23. The summed E-state index contributed by atoms with van der Waals surface area (Å²) < 4.78 is 33.5. The Bertz CT molecular complexity index is 623. The zero-order valence-electron chi connectivity index (χ0n) is 13.6. The van der Waals surface area contributed by atoms with Crippen molar-refractivity contribution in [1.82, 2.24) is 4.72 Å². The lowest BCUT2D eigenvalue weighted by Crippen LogP contribution is -2.44. The van der Waals surface area contributed by atoms with Crippen LogP contribution in [0.1, 0.15) is 36.8 Å². The lowest BCUT2D eigenvalue weighted by Gasteiger charge is -2.23. The predicted molar refractivity (Wildman–Crippen MR) is 87.6 cm³/mol. The van der Waals surface area contributed by atoms with Crippen molar-refractivity contribution in [3.63, 3.8) is 0 Å². The number of nitrogens with two attached hydrogens (primary N) is 1. The molecular weight excluding hydrogens is 300 g/mol. The van der Waals surface area contributed by atoms with Crippen LogP contribution in [0.2, 0.25) is 0 Å². The molecule has 1 aromatic rings. The van der Waals surface area contributed by atoms with E-state index >= 15 is 0 Å². The Morgan fingerprint density at radius 1 is 1.27 bits per heavy atom. The number of ether oxygens (including phenoxy) is 1. The summed E-state index contributed by atoms with van der Waals surface area (Å²) in [7, 11) is -1.99. The Kier molecular flexibility index (Phi) is 5.47. The first-order chi connectivity index (χ1) is 10.4. The second kappa shape index (κ2) is 6.98. The minimum absolute atomic E-state index is 0.186. The molecule has 22 heavy (non-hydrogen) atoms. The molecule has 124 valence electrons. The molecule has 1 saturated carbocycles. The standard InChI is InChI=1S/C16H26N2O3S/c1-11-9-16(12(2)8-15(11)21-3)22(19,20)18-14(10-17)13-6-4-5-7-13/h8-9,13-14,18H,4-7,10,17H2,1-3H3. The maximum atomic E-state index is 12.7. The molecule has 1 aromatic carbocycles. The Hall–Kier alpha value is -1.11. The van der Waals surface area contributed by atoms with Crippen LogP contribution in [0.15, 0.2) is 17.0 Å². The van der Waals surface area contributed by atoms with Crippen molar-refractivity contribution >= 4 is 10.0 Å². The van der Waals surface area contributed by atoms with E-state index in [1.807, 2.05) is 6.92 Å². The van der Waals surface area contributed by atoms with E-state index in [0.29, 0.717) is 28.7 Å². The quantitative estimate of drug-likeness (QED) is 0.839. The highest BCUT2D eigenvalue weighted by Gasteiger charge is 2.29. The molecular formula is C16H26N2O3S. The van der Waals surface area contributed by atoms with Crippen LogP contribution >= 0.6 is 0 Å². The van der Waals surface area contributed by atoms with Crippen LogP contribution in [0, 0.1) is 19.8 Å². The number of hydrogen-bond donors (Lipinski definition) is 2. The lowest BCUT2D eigenvalue weighted by molar-refractivity contribution is 0.405. The summed E-state index contributed by atoms with van der Waals surface area (Å²) in [6, 6.07) is 3.24. The van der Waals surface area contributed by atoms with Gasteiger partial charge in [-0.25, -0.2) is 13.1 Å². The molecule has 0 bridgehead atoms. The Balaban J connectivity index is 2.27. The van der Waals surface area contributed by atoms with Gasteiger partial charge in [-0.2, -0.15) is 0 Å². The first-order valence-electron chi connectivity index (χ1n) is 7.76. The summed E-state index contributed by atoms with van der Waals surface area (Å²) in [6.45, 7) is 3.95. The van der Waals surface area contributed by atoms with E-state index in [0.717, 1.165) is 31.2 Å². The van der Waals surface area contributed by atoms with Gasteiger partial charge in [0.25, 0.3) is 0 Å². The summed E-state index contributed by atoms with van der Waals surface area (Å²) in [5.41, 5.74) is 7.29. The van der Waals surface area contributed by atoms with E-state index in [1.165, 1.54) is 0 Å². The molecule has 2 rings (SSSR count). The number of rotatable bonds is 6. The third kappa shape index (κ3) is 3.62. The molecule has 1 atom stereocenters. The zero-order valence-corrected chi connectivity index (χ0v) is 14.4. The van der Waals surface area contributed by atoms with Gasteiger partial charge in [0.1, 0.15) is 5.75 Å². The normalized spacial score (nSPS) is 17.6. The molecule has 1 aliphatic carbocycles. The molecule has 0 aromatic heterocycles. The summed E-state index contributed by atoms with van der Waals surface area (Å²) in [5.74, 6) is 1.04. The Morgan fingerprint density at radius 3 is 2.45 bits per heavy atom. The van der Waals surface area contributed by atoms with Crippen molar-refractivity contribution in [1.29, 1.82) is 0 Å². The molecule has 1 fully saturated rings. The van der Waals surface area contributed by atoms with E-state index < -0.39 is 10.0 Å². The molecule has 0 amide bonds. The molecule has 0 radical (unpaired) electrons. The summed E-state index contributed by atoms with van der Waals surface area (Å²) >= 11 is 0. The fourth-order valence-corrected chi connectivity index (χ4v) is 4.86. The van der Waals surface area contributed by atoms with Crippen molar-refractivity contribution in [3.05, 3.63) is 23.3 Å². The molecule has 5 nitrogen and oxygen atoms in total. The number of aryl methyl sites for hydroxylation is 2. The Labute approximate surface area is 133 Å². The first kappa shape index (κ1) is 17.2. The molecule has 3 N–H and O–H groups in total. The number of hydrogen-bond acceptors (Lipinski definition) is 4. The van der Waals surface area contributed by atoms with E-state index in [-0.39, 0.29) is 6.04 Å². The topological polar surface area (TPSA) is 81.4 Å². The highest BCUT2D eigenvalue weighted by Crippen LogP contribution is 2.29. The molecule has 1 aliphatic rings. The second-order valence-electron chi connectivity index (χ2n) is 6.10.